The Morgan fingerprint density at radius 3 is 2.72 bits per heavy atom. The minimum atomic E-state index is 0.320. The number of imidazole rings is 1. The third-order valence-corrected chi connectivity index (χ3v) is 6.39. The zero-order chi connectivity index (χ0) is 22.2. The van der Waals surface area contributed by atoms with Crippen LogP contribution >= 0.6 is 0 Å². The van der Waals surface area contributed by atoms with Crippen molar-refractivity contribution < 1.29 is 4.74 Å². The number of nitrogens with zero attached hydrogens (tertiary/aromatic N) is 5. The molecular weight excluding hydrogens is 402 g/mol. The molecule has 0 bridgehead atoms. The number of anilines is 1. The fraction of sp³-hybridized carbons (Fsp3) is 0.500. The summed E-state index contributed by atoms with van der Waals surface area (Å²) in [7, 11) is 0. The van der Waals surface area contributed by atoms with E-state index in [-0.39, 0.29) is 0 Å². The highest BCUT2D eigenvalue weighted by molar-refractivity contribution is 5.95. The smallest absolute Gasteiger partial charge is 0.224 e. The molecule has 4 aromatic heterocycles. The van der Waals surface area contributed by atoms with Crippen molar-refractivity contribution in [2.45, 2.75) is 71.6 Å². The maximum atomic E-state index is 5.76. The van der Waals surface area contributed by atoms with E-state index >= 15 is 0 Å². The molecule has 32 heavy (non-hydrogen) atoms. The first-order chi connectivity index (χ1) is 15.5. The number of H-pyrrole nitrogens is 1. The number of aromatic amines is 1. The number of nitrogens with one attached hydrogen (secondary N) is 2. The molecule has 8 heteroatoms. The Labute approximate surface area is 187 Å². The summed E-state index contributed by atoms with van der Waals surface area (Å²) in [6, 6.07) is 2.87. The van der Waals surface area contributed by atoms with Gasteiger partial charge < -0.3 is 19.6 Å². The van der Waals surface area contributed by atoms with Crippen molar-refractivity contribution in [1.29, 1.82) is 0 Å². The largest absolute Gasteiger partial charge is 0.379 e. The fourth-order valence-electron chi connectivity index (χ4n) is 4.90. The average molecular weight is 434 g/mol. The number of fused-ring (bicyclic) bond motifs is 2. The van der Waals surface area contributed by atoms with Gasteiger partial charge in [-0.15, -0.1) is 0 Å². The van der Waals surface area contributed by atoms with Gasteiger partial charge in [0.1, 0.15) is 11.5 Å². The quantitative estimate of drug-likeness (QED) is 0.443. The van der Waals surface area contributed by atoms with E-state index in [1.165, 1.54) is 0 Å². The highest BCUT2D eigenvalue weighted by Gasteiger charge is 2.22. The van der Waals surface area contributed by atoms with Crippen LogP contribution in [-0.4, -0.2) is 48.2 Å². The standard InChI is InChI=1S/C24H31N7O/c1-5-32-18-8-6-17(7-9-18)29-24-27-13-20-19(12-26-22(20)30-24)16-10-21-23(25-11-16)28-15(4)31(21)14(2)3/h10-14,17-18H,5-9H2,1-4H3,(H2,26,27,29,30)/t17-,18+. The predicted molar refractivity (Wildman–Crippen MR) is 127 cm³/mol. The van der Waals surface area contributed by atoms with E-state index in [1.54, 1.807) is 0 Å². The Bertz CT molecular complexity index is 1230. The molecule has 1 fully saturated rings. The number of pyridine rings is 1. The van der Waals surface area contributed by atoms with Gasteiger partial charge in [0.25, 0.3) is 0 Å². The molecule has 0 aromatic carbocycles. The molecule has 1 aliphatic carbocycles. The lowest BCUT2D eigenvalue weighted by Gasteiger charge is -2.28. The molecule has 0 unspecified atom stereocenters. The van der Waals surface area contributed by atoms with E-state index in [1.807, 2.05) is 25.5 Å². The maximum Gasteiger partial charge on any atom is 0.224 e. The van der Waals surface area contributed by atoms with Gasteiger partial charge in [0.05, 0.1) is 11.6 Å². The Balaban J connectivity index is 1.39. The third-order valence-electron chi connectivity index (χ3n) is 6.39. The molecule has 1 saturated carbocycles. The lowest BCUT2D eigenvalue weighted by Crippen LogP contribution is -2.30. The lowest BCUT2D eigenvalue weighted by molar-refractivity contribution is 0.0346. The van der Waals surface area contributed by atoms with Crippen LogP contribution in [0.2, 0.25) is 0 Å². The summed E-state index contributed by atoms with van der Waals surface area (Å²) in [5, 5.41) is 4.50. The molecule has 168 valence electrons. The van der Waals surface area contributed by atoms with Gasteiger partial charge in [-0.3, -0.25) is 0 Å². The zero-order valence-electron chi connectivity index (χ0n) is 19.2. The molecule has 5 rings (SSSR count). The summed E-state index contributed by atoms with van der Waals surface area (Å²) < 4.78 is 7.98. The van der Waals surface area contributed by atoms with Crippen LogP contribution in [0, 0.1) is 6.92 Å². The highest BCUT2D eigenvalue weighted by atomic mass is 16.5. The summed E-state index contributed by atoms with van der Waals surface area (Å²) in [6.07, 6.45) is 10.5. The molecular formula is C24H31N7O. The van der Waals surface area contributed by atoms with Gasteiger partial charge in [0.15, 0.2) is 5.65 Å². The first-order valence-electron chi connectivity index (χ1n) is 11.6. The van der Waals surface area contributed by atoms with Gasteiger partial charge in [-0.05, 0) is 59.4 Å². The molecule has 1 aliphatic rings. The summed E-state index contributed by atoms with van der Waals surface area (Å²) in [6.45, 7) is 9.21. The summed E-state index contributed by atoms with van der Waals surface area (Å²) in [5.41, 5.74) is 4.73. The Kier molecular flexibility index (Phi) is 5.55. The van der Waals surface area contributed by atoms with Crippen LogP contribution in [0.4, 0.5) is 5.95 Å². The van der Waals surface area contributed by atoms with Gasteiger partial charge >= 0.3 is 0 Å². The Morgan fingerprint density at radius 2 is 1.97 bits per heavy atom. The highest BCUT2D eigenvalue weighted by Crippen LogP contribution is 2.31. The second-order valence-corrected chi connectivity index (χ2v) is 8.92. The molecule has 4 aromatic rings. The van der Waals surface area contributed by atoms with Crippen molar-refractivity contribution >= 4 is 28.1 Å². The van der Waals surface area contributed by atoms with Crippen LogP contribution in [0.5, 0.6) is 0 Å². The van der Waals surface area contributed by atoms with Crippen molar-refractivity contribution in [3.63, 3.8) is 0 Å². The minimum Gasteiger partial charge on any atom is -0.379 e. The maximum absolute atomic E-state index is 5.76. The molecule has 0 spiro atoms. The van der Waals surface area contributed by atoms with Crippen LogP contribution < -0.4 is 5.32 Å². The number of aryl methyl sites for hydroxylation is 1. The van der Waals surface area contributed by atoms with Crippen LogP contribution in [0.25, 0.3) is 33.3 Å². The summed E-state index contributed by atoms with van der Waals surface area (Å²) in [5.74, 6) is 1.65. The van der Waals surface area contributed by atoms with E-state index < -0.39 is 0 Å². The predicted octanol–water partition coefficient (Wildman–Crippen LogP) is 5.02. The van der Waals surface area contributed by atoms with Crippen molar-refractivity contribution in [3.05, 3.63) is 30.5 Å². The molecule has 0 saturated heterocycles. The van der Waals surface area contributed by atoms with E-state index in [0.29, 0.717) is 24.1 Å². The van der Waals surface area contributed by atoms with Crippen LogP contribution in [0.1, 0.15) is 58.3 Å². The van der Waals surface area contributed by atoms with Gasteiger partial charge in [0, 0.05) is 53.8 Å². The van der Waals surface area contributed by atoms with Crippen molar-refractivity contribution in [2.75, 3.05) is 11.9 Å². The number of hydrogen-bond acceptors (Lipinski definition) is 6. The SMILES string of the molecule is CCO[C@H]1CC[C@@H](Nc2ncc3c(-c4cnc5nc(C)n(C(C)C)c5c4)c[nH]c3n2)CC1. The first kappa shape index (κ1) is 20.9. The monoisotopic (exact) mass is 433 g/mol. The van der Waals surface area contributed by atoms with E-state index in [9.17, 15) is 0 Å². The van der Waals surface area contributed by atoms with E-state index in [4.69, 9.17) is 9.72 Å². The molecule has 4 heterocycles. The number of rotatable bonds is 6. The normalized spacial score (nSPS) is 19.3. The van der Waals surface area contributed by atoms with Crippen molar-refractivity contribution in [3.8, 4) is 11.1 Å². The second-order valence-electron chi connectivity index (χ2n) is 8.92. The lowest BCUT2D eigenvalue weighted by atomic mass is 9.93. The number of ether oxygens (including phenoxy) is 1. The summed E-state index contributed by atoms with van der Waals surface area (Å²) >= 11 is 0. The second kappa shape index (κ2) is 8.50. The fourth-order valence-corrected chi connectivity index (χ4v) is 4.90. The Hall–Kier alpha value is -3.00. The zero-order valence-corrected chi connectivity index (χ0v) is 19.2. The molecule has 2 N–H and O–H groups in total. The van der Waals surface area contributed by atoms with Gasteiger partial charge in [-0.25, -0.2) is 15.0 Å². The van der Waals surface area contributed by atoms with E-state index in [2.05, 4.69) is 56.7 Å². The summed E-state index contributed by atoms with van der Waals surface area (Å²) in [4.78, 5) is 21.9. The molecule has 0 aliphatic heterocycles. The van der Waals surface area contributed by atoms with Crippen molar-refractivity contribution in [2.24, 2.45) is 0 Å². The molecule has 0 amide bonds. The third kappa shape index (κ3) is 3.83. The number of aromatic nitrogens is 6. The van der Waals surface area contributed by atoms with E-state index in [0.717, 1.165) is 71.4 Å². The Morgan fingerprint density at radius 1 is 1.16 bits per heavy atom. The van der Waals surface area contributed by atoms with Gasteiger partial charge in [-0.1, -0.05) is 0 Å². The van der Waals surface area contributed by atoms with Gasteiger partial charge in [-0.2, -0.15) is 4.98 Å². The topological polar surface area (TPSA) is 93.5 Å². The van der Waals surface area contributed by atoms with Crippen molar-refractivity contribution in [1.82, 2.24) is 29.5 Å². The first-order valence-corrected chi connectivity index (χ1v) is 11.6. The average Bonchev–Trinajstić information content (AvgIpc) is 3.34. The molecule has 0 atom stereocenters. The van der Waals surface area contributed by atoms with Crippen LogP contribution in [0.15, 0.2) is 24.7 Å². The minimum absolute atomic E-state index is 0.320. The molecule has 0 radical (unpaired) electrons. The van der Waals surface area contributed by atoms with Gasteiger partial charge in [0.2, 0.25) is 5.95 Å². The van der Waals surface area contributed by atoms with Crippen LogP contribution in [0.3, 0.4) is 0 Å². The number of hydrogen-bond donors (Lipinski definition) is 2. The van der Waals surface area contributed by atoms with Crippen LogP contribution in [-0.2, 0) is 4.74 Å². The molecule has 8 nitrogen and oxygen atoms in total.